The maximum Gasteiger partial charge on any atom is 0.321 e. The highest BCUT2D eigenvalue weighted by atomic mass is 16.4. The molecule has 1 fully saturated rings. The molecule has 0 aliphatic carbocycles. The van der Waals surface area contributed by atoms with Crippen molar-refractivity contribution < 1.29 is 19.8 Å². The van der Waals surface area contributed by atoms with Gasteiger partial charge in [-0.2, -0.15) is 0 Å². The quantitative estimate of drug-likeness (QED) is 0.749. The van der Waals surface area contributed by atoms with E-state index in [1.165, 1.54) is 24.9 Å². The summed E-state index contributed by atoms with van der Waals surface area (Å²) in [5.74, 6) is -2.50. The molecule has 0 bridgehead atoms. The van der Waals surface area contributed by atoms with Crippen molar-refractivity contribution in [3.05, 3.63) is 30.1 Å². The van der Waals surface area contributed by atoms with Crippen LogP contribution in [0.1, 0.15) is 30.9 Å². The first-order chi connectivity index (χ1) is 9.91. The molecule has 2 heterocycles. The molecule has 116 valence electrons. The van der Waals surface area contributed by atoms with E-state index >= 15 is 0 Å². The second-order valence-corrected chi connectivity index (χ2v) is 4.97. The fourth-order valence-corrected chi connectivity index (χ4v) is 2.18. The lowest BCUT2D eigenvalue weighted by atomic mass is 10.1. The summed E-state index contributed by atoms with van der Waals surface area (Å²) in [6.45, 7) is 1.22. The Morgan fingerprint density at radius 1 is 1.52 bits per heavy atom. The number of likely N-dealkylation sites (tertiary alicyclic amines) is 1. The number of aromatic nitrogens is 1. The van der Waals surface area contributed by atoms with E-state index in [4.69, 9.17) is 15.9 Å². The van der Waals surface area contributed by atoms with Crippen LogP contribution in [0.4, 0.5) is 0 Å². The summed E-state index contributed by atoms with van der Waals surface area (Å²) in [6.07, 6.45) is 5.87. The van der Waals surface area contributed by atoms with Gasteiger partial charge < -0.3 is 15.9 Å². The third-order valence-corrected chi connectivity index (χ3v) is 3.30. The molecule has 0 amide bonds. The van der Waals surface area contributed by atoms with Crippen LogP contribution in [0, 0.1) is 0 Å². The molecule has 2 unspecified atom stereocenters. The standard InChI is InChI=1S/C10H14N2.C4H7NO4/c1-12-7-3-5-10(12)9-4-2-6-11-8-9;5-2(4(8)9)1-3(6)7/h2,4,6,8,10H,3,5,7H2,1H3;2H,1,5H2,(H,6,7)(H,8,9). The molecule has 21 heavy (non-hydrogen) atoms. The van der Waals surface area contributed by atoms with Gasteiger partial charge in [-0.3, -0.25) is 19.5 Å². The van der Waals surface area contributed by atoms with E-state index in [9.17, 15) is 9.59 Å². The number of pyridine rings is 1. The van der Waals surface area contributed by atoms with Crippen molar-refractivity contribution in [2.24, 2.45) is 5.73 Å². The van der Waals surface area contributed by atoms with Crippen LogP contribution in [-0.2, 0) is 9.59 Å². The van der Waals surface area contributed by atoms with Crippen LogP contribution in [0.3, 0.4) is 0 Å². The molecule has 2 rings (SSSR count). The summed E-state index contributed by atoms with van der Waals surface area (Å²) in [6, 6.07) is 3.50. The van der Waals surface area contributed by atoms with Gasteiger partial charge in [0.05, 0.1) is 6.42 Å². The van der Waals surface area contributed by atoms with Crippen LogP contribution in [-0.4, -0.2) is 51.7 Å². The molecule has 0 radical (unpaired) electrons. The van der Waals surface area contributed by atoms with Crippen LogP contribution in [0.25, 0.3) is 0 Å². The van der Waals surface area contributed by atoms with Crippen molar-refractivity contribution in [2.45, 2.75) is 31.3 Å². The molecule has 0 spiro atoms. The number of nitrogens with zero attached hydrogens (tertiary/aromatic N) is 2. The zero-order valence-corrected chi connectivity index (χ0v) is 12.0. The molecule has 7 heteroatoms. The highest BCUT2D eigenvalue weighted by molar-refractivity contribution is 5.80. The minimum Gasteiger partial charge on any atom is -0.481 e. The van der Waals surface area contributed by atoms with Gasteiger partial charge in [0.15, 0.2) is 0 Å². The van der Waals surface area contributed by atoms with Crippen molar-refractivity contribution in [2.75, 3.05) is 13.6 Å². The van der Waals surface area contributed by atoms with Crippen molar-refractivity contribution in [1.29, 1.82) is 0 Å². The fraction of sp³-hybridized carbons (Fsp3) is 0.500. The van der Waals surface area contributed by atoms with E-state index in [-0.39, 0.29) is 0 Å². The van der Waals surface area contributed by atoms with Gasteiger partial charge in [0.2, 0.25) is 0 Å². The number of aliphatic carboxylic acids is 2. The number of nitrogens with two attached hydrogens (primary N) is 1. The number of carbonyl (C=O) groups is 2. The summed E-state index contributed by atoms with van der Waals surface area (Å²) < 4.78 is 0. The van der Waals surface area contributed by atoms with Crippen molar-refractivity contribution in [3.63, 3.8) is 0 Å². The summed E-state index contributed by atoms with van der Waals surface area (Å²) in [4.78, 5) is 26.2. The second-order valence-electron chi connectivity index (χ2n) is 4.97. The molecule has 1 aromatic rings. The first-order valence-electron chi connectivity index (χ1n) is 6.72. The number of carboxylic acids is 2. The number of rotatable bonds is 4. The van der Waals surface area contributed by atoms with Crippen LogP contribution in [0.2, 0.25) is 0 Å². The van der Waals surface area contributed by atoms with E-state index in [0.29, 0.717) is 6.04 Å². The third kappa shape index (κ3) is 5.88. The summed E-state index contributed by atoms with van der Waals surface area (Å²) in [5, 5.41) is 16.0. The third-order valence-electron chi connectivity index (χ3n) is 3.30. The highest BCUT2D eigenvalue weighted by Gasteiger charge is 2.21. The topological polar surface area (TPSA) is 117 Å². The van der Waals surface area contributed by atoms with Gasteiger partial charge in [-0.1, -0.05) is 6.07 Å². The van der Waals surface area contributed by atoms with Crippen LogP contribution < -0.4 is 5.73 Å². The van der Waals surface area contributed by atoms with Gasteiger partial charge in [-0.25, -0.2) is 0 Å². The Labute approximate surface area is 123 Å². The Morgan fingerprint density at radius 3 is 2.62 bits per heavy atom. The summed E-state index contributed by atoms with van der Waals surface area (Å²) >= 11 is 0. The molecule has 0 saturated carbocycles. The lowest BCUT2D eigenvalue weighted by molar-refractivity contribution is -0.144. The van der Waals surface area contributed by atoms with Crippen molar-refractivity contribution in [1.82, 2.24) is 9.88 Å². The summed E-state index contributed by atoms with van der Waals surface area (Å²) in [7, 11) is 2.19. The van der Waals surface area contributed by atoms with E-state index in [0.717, 1.165) is 0 Å². The smallest absolute Gasteiger partial charge is 0.321 e. The predicted molar refractivity (Wildman–Crippen MR) is 76.7 cm³/mol. The van der Waals surface area contributed by atoms with E-state index in [1.54, 1.807) is 0 Å². The van der Waals surface area contributed by atoms with Gasteiger partial charge >= 0.3 is 11.9 Å². The molecule has 4 N–H and O–H groups in total. The van der Waals surface area contributed by atoms with Gasteiger partial charge in [0.25, 0.3) is 0 Å². The zero-order chi connectivity index (χ0) is 15.8. The zero-order valence-electron chi connectivity index (χ0n) is 12.0. The SMILES string of the molecule is CN1CCCC1c1cccnc1.NC(CC(=O)O)C(=O)O. The van der Waals surface area contributed by atoms with Crippen molar-refractivity contribution in [3.8, 4) is 0 Å². The minimum atomic E-state index is -1.29. The lowest BCUT2D eigenvalue weighted by Gasteiger charge is -2.18. The van der Waals surface area contributed by atoms with Gasteiger partial charge in [0, 0.05) is 18.4 Å². The van der Waals surface area contributed by atoms with E-state index < -0.39 is 24.4 Å². The molecule has 1 aromatic heterocycles. The first kappa shape index (κ1) is 17.1. The molecule has 2 atom stereocenters. The fourth-order valence-electron chi connectivity index (χ4n) is 2.18. The highest BCUT2D eigenvalue weighted by Crippen LogP contribution is 2.29. The molecule has 1 aliphatic heterocycles. The average molecular weight is 295 g/mol. The normalized spacial score (nSPS) is 19.4. The van der Waals surface area contributed by atoms with E-state index in [2.05, 4.69) is 23.0 Å². The lowest BCUT2D eigenvalue weighted by Crippen LogP contribution is -2.32. The van der Waals surface area contributed by atoms with Crippen LogP contribution in [0.15, 0.2) is 24.5 Å². The predicted octanol–water partition coefficient (Wildman–Crippen LogP) is 0.721. The Morgan fingerprint density at radius 2 is 2.24 bits per heavy atom. The number of hydrogen-bond acceptors (Lipinski definition) is 5. The Kier molecular flexibility index (Phi) is 6.77. The maximum absolute atomic E-state index is 9.85. The number of hydrogen-bond donors (Lipinski definition) is 3. The molecule has 1 saturated heterocycles. The monoisotopic (exact) mass is 295 g/mol. The molecular formula is C14H21N3O4. The second kappa shape index (κ2) is 8.33. The first-order valence-corrected chi connectivity index (χ1v) is 6.72. The van der Waals surface area contributed by atoms with E-state index in [1.807, 2.05) is 18.5 Å². The molecule has 7 nitrogen and oxygen atoms in total. The Bertz CT molecular complexity index is 467. The largest absolute Gasteiger partial charge is 0.481 e. The maximum atomic E-state index is 9.85. The van der Waals surface area contributed by atoms with Gasteiger partial charge in [-0.05, 0) is 38.1 Å². The Hall–Kier alpha value is -1.99. The summed E-state index contributed by atoms with van der Waals surface area (Å²) in [5.41, 5.74) is 6.20. The van der Waals surface area contributed by atoms with Gasteiger partial charge in [0.1, 0.15) is 6.04 Å². The molecule has 1 aliphatic rings. The number of carboxylic acid groups (broad SMARTS) is 2. The van der Waals surface area contributed by atoms with Gasteiger partial charge in [-0.15, -0.1) is 0 Å². The Balaban J connectivity index is 0.000000222. The minimum absolute atomic E-state index is 0.532. The van der Waals surface area contributed by atoms with Crippen LogP contribution in [0.5, 0.6) is 0 Å². The average Bonchev–Trinajstić information content (AvgIpc) is 2.86. The molecule has 0 aromatic carbocycles. The van der Waals surface area contributed by atoms with Crippen molar-refractivity contribution >= 4 is 11.9 Å². The molecular weight excluding hydrogens is 274 g/mol. The van der Waals surface area contributed by atoms with Crippen LogP contribution >= 0.6 is 0 Å².